The van der Waals surface area contributed by atoms with Gasteiger partial charge in [0.05, 0.1) is 5.69 Å². The Kier molecular flexibility index (Phi) is 6.88. The average molecular weight is 372 g/mol. The maximum absolute atomic E-state index is 12.8. The Hall–Kier alpha value is -1.64. The third-order valence-corrected chi connectivity index (χ3v) is 7.07. The first-order chi connectivity index (χ1) is 12.7. The number of carbonyl (C=O) groups excluding carboxylic acids is 2. The molecule has 1 fully saturated rings. The molecular formula is C24H37NO2. The summed E-state index contributed by atoms with van der Waals surface area (Å²) in [5.74, 6) is -0.205. The molecular weight excluding hydrogens is 334 g/mol. The Morgan fingerprint density at radius 2 is 1.59 bits per heavy atom. The van der Waals surface area contributed by atoms with E-state index >= 15 is 0 Å². The Bertz CT molecular complexity index is 657. The fourth-order valence-electron chi connectivity index (χ4n) is 3.87. The van der Waals surface area contributed by atoms with E-state index in [9.17, 15) is 9.59 Å². The van der Waals surface area contributed by atoms with Crippen molar-refractivity contribution >= 4 is 17.5 Å². The number of benzene rings is 1. The van der Waals surface area contributed by atoms with E-state index in [1.54, 1.807) is 0 Å². The van der Waals surface area contributed by atoms with Gasteiger partial charge in [-0.15, -0.1) is 0 Å². The van der Waals surface area contributed by atoms with Crippen LogP contribution in [0.1, 0.15) is 92.1 Å². The molecule has 0 spiro atoms. The smallest absolute Gasteiger partial charge is 0.237 e. The minimum absolute atomic E-state index is 0.0150. The van der Waals surface area contributed by atoms with Gasteiger partial charge in [0.25, 0.3) is 0 Å². The monoisotopic (exact) mass is 371 g/mol. The molecule has 1 aromatic rings. The predicted octanol–water partition coefficient (Wildman–Crippen LogP) is 6.25. The zero-order valence-corrected chi connectivity index (χ0v) is 18.1. The number of nitrogens with zero attached hydrogens (tertiary/aromatic N) is 1. The number of carbonyl (C=O) groups is 2. The summed E-state index contributed by atoms with van der Waals surface area (Å²) in [5.41, 5.74) is 2.14. The van der Waals surface area contributed by atoms with Crippen molar-refractivity contribution in [1.82, 2.24) is 0 Å². The highest BCUT2D eigenvalue weighted by Gasteiger charge is 2.40. The van der Waals surface area contributed by atoms with Gasteiger partial charge >= 0.3 is 0 Å². The summed E-state index contributed by atoms with van der Waals surface area (Å²) in [7, 11) is 0. The standard InChI is InChI=1S/C24H37NO2/c1-7-9-10-11-12-18-17-21(26)25(22(18)27)20-15-13-19(14-16-20)24(5,6)23(3,4)8-2/h13-16,18H,7-12,17H2,1-6H3. The van der Waals surface area contributed by atoms with Crippen molar-refractivity contribution in [1.29, 1.82) is 0 Å². The van der Waals surface area contributed by atoms with E-state index in [-0.39, 0.29) is 28.6 Å². The van der Waals surface area contributed by atoms with Crippen molar-refractivity contribution in [3.8, 4) is 0 Å². The second-order valence-electron chi connectivity index (χ2n) is 9.23. The van der Waals surface area contributed by atoms with Crippen molar-refractivity contribution < 1.29 is 9.59 Å². The summed E-state index contributed by atoms with van der Waals surface area (Å²) in [4.78, 5) is 26.7. The van der Waals surface area contributed by atoms with Crippen LogP contribution >= 0.6 is 0 Å². The van der Waals surface area contributed by atoms with E-state index in [2.05, 4.69) is 53.7 Å². The van der Waals surface area contributed by atoms with Crippen LogP contribution in [0.15, 0.2) is 24.3 Å². The predicted molar refractivity (Wildman–Crippen MR) is 113 cm³/mol. The lowest BCUT2D eigenvalue weighted by Crippen LogP contribution is -2.36. The number of hydrogen-bond acceptors (Lipinski definition) is 2. The fourth-order valence-corrected chi connectivity index (χ4v) is 3.87. The minimum atomic E-state index is -0.135. The van der Waals surface area contributed by atoms with E-state index < -0.39 is 0 Å². The van der Waals surface area contributed by atoms with Crippen LogP contribution in [0.3, 0.4) is 0 Å². The molecule has 0 aliphatic carbocycles. The van der Waals surface area contributed by atoms with E-state index in [4.69, 9.17) is 0 Å². The van der Waals surface area contributed by atoms with Gasteiger partial charge in [-0.1, -0.05) is 85.8 Å². The van der Waals surface area contributed by atoms with Gasteiger partial charge in [-0.2, -0.15) is 0 Å². The molecule has 2 rings (SSSR count). The van der Waals surface area contributed by atoms with Crippen molar-refractivity contribution in [3.63, 3.8) is 0 Å². The molecule has 1 heterocycles. The molecule has 0 N–H and O–H groups in total. The highest BCUT2D eigenvalue weighted by Crippen LogP contribution is 2.44. The van der Waals surface area contributed by atoms with Crippen molar-refractivity contribution in [2.24, 2.45) is 11.3 Å². The Balaban J connectivity index is 2.12. The van der Waals surface area contributed by atoms with Gasteiger partial charge in [0.2, 0.25) is 11.8 Å². The number of hydrogen-bond donors (Lipinski definition) is 0. The molecule has 3 heteroatoms. The minimum Gasteiger partial charge on any atom is -0.274 e. The molecule has 27 heavy (non-hydrogen) atoms. The van der Waals surface area contributed by atoms with Gasteiger partial charge in [0.15, 0.2) is 0 Å². The van der Waals surface area contributed by atoms with Crippen LogP contribution in [-0.4, -0.2) is 11.8 Å². The first kappa shape index (κ1) is 21.7. The average Bonchev–Trinajstić information content (AvgIpc) is 2.92. The maximum atomic E-state index is 12.8. The van der Waals surface area contributed by atoms with Crippen molar-refractivity contribution in [2.45, 2.75) is 91.9 Å². The van der Waals surface area contributed by atoms with Gasteiger partial charge < -0.3 is 0 Å². The largest absolute Gasteiger partial charge is 0.274 e. The van der Waals surface area contributed by atoms with E-state index in [1.165, 1.54) is 23.3 Å². The Labute approximate surface area is 165 Å². The molecule has 1 unspecified atom stereocenters. The van der Waals surface area contributed by atoms with Crippen LogP contribution in [0.5, 0.6) is 0 Å². The van der Waals surface area contributed by atoms with E-state index in [0.717, 1.165) is 31.4 Å². The lowest BCUT2D eigenvalue weighted by molar-refractivity contribution is -0.122. The zero-order chi connectivity index (χ0) is 20.2. The van der Waals surface area contributed by atoms with Gasteiger partial charge in [-0.3, -0.25) is 14.5 Å². The second kappa shape index (κ2) is 8.58. The molecule has 1 aromatic carbocycles. The first-order valence-corrected chi connectivity index (χ1v) is 10.6. The van der Waals surface area contributed by atoms with Gasteiger partial charge in [0.1, 0.15) is 0 Å². The third kappa shape index (κ3) is 4.44. The maximum Gasteiger partial charge on any atom is 0.237 e. The molecule has 0 bridgehead atoms. The molecule has 0 saturated carbocycles. The summed E-state index contributed by atoms with van der Waals surface area (Å²) in [6, 6.07) is 8.06. The first-order valence-electron chi connectivity index (χ1n) is 10.6. The summed E-state index contributed by atoms with van der Waals surface area (Å²) < 4.78 is 0. The van der Waals surface area contributed by atoms with Gasteiger partial charge in [-0.05, 0) is 34.9 Å². The summed E-state index contributed by atoms with van der Waals surface area (Å²) >= 11 is 0. The second-order valence-corrected chi connectivity index (χ2v) is 9.23. The Morgan fingerprint density at radius 3 is 2.15 bits per heavy atom. The van der Waals surface area contributed by atoms with Crippen molar-refractivity contribution in [2.75, 3.05) is 4.90 Å². The van der Waals surface area contributed by atoms with Gasteiger partial charge in [0, 0.05) is 12.3 Å². The number of unbranched alkanes of at least 4 members (excludes halogenated alkanes) is 3. The topological polar surface area (TPSA) is 37.4 Å². The van der Waals surface area contributed by atoms with Crippen LogP contribution < -0.4 is 4.90 Å². The van der Waals surface area contributed by atoms with Crippen LogP contribution in [0, 0.1) is 11.3 Å². The van der Waals surface area contributed by atoms with Crippen LogP contribution in [0.4, 0.5) is 5.69 Å². The van der Waals surface area contributed by atoms with Crippen LogP contribution in [-0.2, 0) is 15.0 Å². The van der Waals surface area contributed by atoms with E-state index in [0.29, 0.717) is 6.42 Å². The van der Waals surface area contributed by atoms with Crippen molar-refractivity contribution in [3.05, 3.63) is 29.8 Å². The van der Waals surface area contributed by atoms with Crippen LogP contribution in [0.2, 0.25) is 0 Å². The molecule has 1 aliphatic heterocycles. The number of rotatable bonds is 9. The Morgan fingerprint density at radius 1 is 0.963 bits per heavy atom. The fraction of sp³-hybridized carbons (Fsp3) is 0.667. The molecule has 1 saturated heterocycles. The quantitative estimate of drug-likeness (QED) is 0.380. The SMILES string of the molecule is CCCCCCC1CC(=O)N(c2ccc(C(C)(C)C(C)(C)CC)cc2)C1=O. The molecule has 3 nitrogen and oxygen atoms in total. The summed E-state index contributed by atoms with van der Waals surface area (Å²) in [6.45, 7) is 13.5. The number of amides is 2. The molecule has 150 valence electrons. The summed E-state index contributed by atoms with van der Waals surface area (Å²) in [5, 5.41) is 0. The lowest BCUT2D eigenvalue weighted by Gasteiger charge is -2.42. The number of imide groups is 1. The third-order valence-electron chi connectivity index (χ3n) is 7.07. The normalized spacial score (nSPS) is 18.4. The highest BCUT2D eigenvalue weighted by atomic mass is 16.2. The lowest BCUT2D eigenvalue weighted by atomic mass is 9.63. The molecule has 1 atom stereocenters. The molecule has 0 radical (unpaired) electrons. The zero-order valence-electron chi connectivity index (χ0n) is 18.1. The highest BCUT2D eigenvalue weighted by molar-refractivity contribution is 6.20. The van der Waals surface area contributed by atoms with E-state index in [1.807, 2.05) is 12.1 Å². The molecule has 2 amide bonds. The van der Waals surface area contributed by atoms with Crippen LogP contribution in [0.25, 0.3) is 0 Å². The van der Waals surface area contributed by atoms with Gasteiger partial charge in [-0.25, -0.2) is 0 Å². The molecule has 1 aliphatic rings. The number of anilines is 1. The summed E-state index contributed by atoms with van der Waals surface area (Å²) in [6.07, 6.45) is 6.84. The molecule has 0 aromatic heterocycles.